The SMILES string of the molecule is CCOc1cc(/C=N\NC(=O)C(=O)NC[C@@H]2CCCO2)cc(Br)c1O. The lowest BCUT2D eigenvalue weighted by atomic mass is 10.2. The molecule has 1 aromatic carbocycles. The Balaban J connectivity index is 1.86. The zero-order valence-electron chi connectivity index (χ0n) is 13.8. The first-order chi connectivity index (χ1) is 12.0. The molecule has 136 valence electrons. The van der Waals surface area contributed by atoms with Crippen LogP contribution in [0.15, 0.2) is 21.7 Å². The molecule has 0 radical (unpaired) electrons. The van der Waals surface area contributed by atoms with E-state index < -0.39 is 11.8 Å². The number of halogens is 1. The van der Waals surface area contributed by atoms with Crippen molar-refractivity contribution in [2.45, 2.75) is 25.9 Å². The summed E-state index contributed by atoms with van der Waals surface area (Å²) in [6, 6.07) is 3.17. The summed E-state index contributed by atoms with van der Waals surface area (Å²) >= 11 is 3.21. The summed E-state index contributed by atoms with van der Waals surface area (Å²) in [7, 11) is 0. The normalized spacial score (nSPS) is 16.8. The lowest BCUT2D eigenvalue weighted by Crippen LogP contribution is -2.41. The van der Waals surface area contributed by atoms with E-state index in [9.17, 15) is 14.7 Å². The van der Waals surface area contributed by atoms with Gasteiger partial charge in [-0.3, -0.25) is 9.59 Å². The van der Waals surface area contributed by atoms with E-state index in [2.05, 4.69) is 31.8 Å². The maximum Gasteiger partial charge on any atom is 0.329 e. The van der Waals surface area contributed by atoms with Gasteiger partial charge in [0.05, 0.1) is 23.4 Å². The second-order valence-corrected chi connectivity index (χ2v) is 6.18. The summed E-state index contributed by atoms with van der Waals surface area (Å²) in [5.41, 5.74) is 2.73. The minimum absolute atomic E-state index is 0.0171. The molecule has 0 unspecified atom stereocenters. The number of aromatic hydroxyl groups is 1. The fourth-order valence-corrected chi connectivity index (χ4v) is 2.70. The third-order valence-electron chi connectivity index (χ3n) is 3.45. The van der Waals surface area contributed by atoms with Crippen LogP contribution in [0.2, 0.25) is 0 Å². The largest absolute Gasteiger partial charge is 0.503 e. The molecule has 2 rings (SSSR count). The average Bonchev–Trinajstić information content (AvgIpc) is 3.10. The van der Waals surface area contributed by atoms with E-state index in [1.165, 1.54) is 6.21 Å². The van der Waals surface area contributed by atoms with E-state index in [-0.39, 0.29) is 11.9 Å². The molecule has 1 atom stereocenters. The van der Waals surface area contributed by atoms with Crippen molar-refractivity contribution in [3.05, 3.63) is 22.2 Å². The molecule has 0 saturated carbocycles. The van der Waals surface area contributed by atoms with Gasteiger partial charge in [0.2, 0.25) is 0 Å². The van der Waals surface area contributed by atoms with Gasteiger partial charge in [0.25, 0.3) is 0 Å². The minimum Gasteiger partial charge on any atom is -0.503 e. The Bertz CT molecular complexity index is 659. The highest BCUT2D eigenvalue weighted by Gasteiger charge is 2.19. The van der Waals surface area contributed by atoms with Gasteiger partial charge >= 0.3 is 11.8 Å². The lowest BCUT2D eigenvalue weighted by Gasteiger charge is -2.09. The summed E-state index contributed by atoms with van der Waals surface area (Å²) in [6.45, 7) is 3.17. The molecule has 9 heteroatoms. The summed E-state index contributed by atoms with van der Waals surface area (Å²) in [5, 5.41) is 16.1. The number of hydrogen-bond acceptors (Lipinski definition) is 6. The first kappa shape index (κ1) is 19.2. The van der Waals surface area contributed by atoms with Crippen LogP contribution in [0.1, 0.15) is 25.3 Å². The number of ether oxygens (including phenoxy) is 2. The molecule has 8 nitrogen and oxygen atoms in total. The minimum atomic E-state index is -0.864. The summed E-state index contributed by atoms with van der Waals surface area (Å²) in [4.78, 5) is 23.3. The quantitative estimate of drug-likeness (QED) is 0.369. The topological polar surface area (TPSA) is 109 Å². The predicted molar refractivity (Wildman–Crippen MR) is 94.7 cm³/mol. The summed E-state index contributed by atoms with van der Waals surface area (Å²) in [5.74, 6) is -1.36. The van der Waals surface area contributed by atoms with Crippen molar-refractivity contribution in [2.75, 3.05) is 19.8 Å². The van der Waals surface area contributed by atoms with Crippen molar-refractivity contribution in [2.24, 2.45) is 5.10 Å². The molecule has 25 heavy (non-hydrogen) atoms. The van der Waals surface area contributed by atoms with Gasteiger partial charge in [-0.05, 0) is 53.4 Å². The molecular weight excluding hydrogens is 394 g/mol. The van der Waals surface area contributed by atoms with Crippen LogP contribution in [0.5, 0.6) is 11.5 Å². The molecule has 0 aliphatic carbocycles. The van der Waals surface area contributed by atoms with E-state index in [0.717, 1.165) is 12.8 Å². The van der Waals surface area contributed by atoms with Crippen molar-refractivity contribution < 1.29 is 24.2 Å². The highest BCUT2D eigenvalue weighted by atomic mass is 79.9. The zero-order chi connectivity index (χ0) is 18.2. The maximum atomic E-state index is 11.7. The first-order valence-electron chi connectivity index (χ1n) is 7.89. The molecule has 3 N–H and O–H groups in total. The van der Waals surface area contributed by atoms with Crippen LogP contribution >= 0.6 is 15.9 Å². The Morgan fingerprint density at radius 2 is 2.28 bits per heavy atom. The summed E-state index contributed by atoms with van der Waals surface area (Å²) in [6.07, 6.45) is 3.14. The van der Waals surface area contributed by atoms with Gasteiger partial charge in [-0.25, -0.2) is 5.43 Å². The van der Waals surface area contributed by atoms with Gasteiger partial charge in [-0.15, -0.1) is 0 Å². The fourth-order valence-electron chi connectivity index (χ4n) is 2.24. The van der Waals surface area contributed by atoms with Crippen LogP contribution in [-0.4, -0.2) is 49.0 Å². The number of hydrazone groups is 1. The maximum absolute atomic E-state index is 11.7. The second-order valence-electron chi connectivity index (χ2n) is 5.33. The molecular formula is C16H20BrN3O5. The molecule has 1 aromatic rings. The monoisotopic (exact) mass is 413 g/mol. The van der Waals surface area contributed by atoms with Crippen LogP contribution < -0.4 is 15.5 Å². The second kappa shape index (κ2) is 9.38. The van der Waals surface area contributed by atoms with E-state index in [1.807, 2.05) is 0 Å². The molecule has 1 aliphatic heterocycles. The summed E-state index contributed by atoms with van der Waals surface area (Å²) < 4.78 is 11.1. The average molecular weight is 414 g/mol. The van der Waals surface area contributed by atoms with Crippen molar-refractivity contribution in [1.82, 2.24) is 10.7 Å². The molecule has 1 saturated heterocycles. The van der Waals surface area contributed by atoms with Crippen LogP contribution in [-0.2, 0) is 14.3 Å². The number of hydrogen-bond donors (Lipinski definition) is 3. The fraction of sp³-hybridized carbons (Fsp3) is 0.438. The van der Waals surface area contributed by atoms with Crippen LogP contribution in [0.3, 0.4) is 0 Å². The first-order valence-corrected chi connectivity index (χ1v) is 8.68. The molecule has 0 aromatic heterocycles. The number of nitrogens with one attached hydrogen (secondary N) is 2. The van der Waals surface area contributed by atoms with E-state index in [0.29, 0.717) is 35.5 Å². The molecule has 0 spiro atoms. The lowest BCUT2D eigenvalue weighted by molar-refractivity contribution is -0.139. The Kier molecular flexibility index (Phi) is 7.20. The Labute approximate surface area is 153 Å². The van der Waals surface area contributed by atoms with Gasteiger partial charge in [-0.1, -0.05) is 0 Å². The van der Waals surface area contributed by atoms with E-state index in [4.69, 9.17) is 9.47 Å². The van der Waals surface area contributed by atoms with Crippen molar-refractivity contribution in [3.8, 4) is 11.5 Å². The van der Waals surface area contributed by atoms with Gasteiger partial charge in [0, 0.05) is 13.2 Å². The third-order valence-corrected chi connectivity index (χ3v) is 4.06. The van der Waals surface area contributed by atoms with Crippen LogP contribution in [0.4, 0.5) is 0 Å². The number of carbonyl (C=O) groups is 2. The molecule has 1 fully saturated rings. The Hall–Kier alpha value is -2.13. The van der Waals surface area contributed by atoms with Gasteiger partial charge in [0.1, 0.15) is 0 Å². The van der Waals surface area contributed by atoms with Gasteiger partial charge < -0.3 is 19.9 Å². The highest BCUT2D eigenvalue weighted by molar-refractivity contribution is 9.10. The van der Waals surface area contributed by atoms with E-state index >= 15 is 0 Å². The third kappa shape index (κ3) is 5.71. The van der Waals surface area contributed by atoms with Crippen molar-refractivity contribution >= 4 is 34.0 Å². The molecule has 1 heterocycles. The smallest absolute Gasteiger partial charge is 0.329 e. The molecule has 0 bridgehead atoms. The molecule has 1 aliphatic rings. The molecule has 2 amide bonds. The van der Waals surface area contributed by atoms with Crippen LogP contribution in [0.25, 0.3) is 0 Å². The number of amides is 2. The Morgan fingerprint density at radius 1 is 1.48 bits per heavy atom. The zero-order valence-corrected chi connectivity index (χ0v) is 15.3. The number of rotatable bonds is 6. The predicted octanol–water partition coefficient (Wildman–Crippen LogP) is 1.30. The van der Waals surface area contributed by atoms with Crippen LogP contribution in [0, 0.1) is 0 Å². The number of benzene rings is 1. The number of phenolic OH excluding ortho intramolecular Hbond substituents is 1. The van der Waals surface area contributed by atoms with Gasteiger partial charge in [-0.2, -0.15) is 5.10 Å². The standard InChI is InChI=1S/C16H20BrN3O5/c1-2-24-13-7-10(6-12(17)14(13)21)8-19-20-16(23)15(22)18-9-11-4-3-5-25-11/h6-8,11,21H,2-5,9H2,1H3,(H,18,22)(H,20,23)/b19-8-/t11-/m0/s1. The van der Waals surface area contributed by atoms with Crippen molar-refractivity contribution in [3.63, 3.8) is 0 Å². The van der Waals surface area contributed by atoms with Crippen molar-refractivity contribution in [1.29, 1.82) is 0 Å². The van der Waals surface area contributed by atoms with E-state index in [1.54, 1.807) is 19.1 Å². The number of nitrogens with zero attached hydrogens (tertiary/aromatic N) is 1. The van der Waals surface area contributed by atoms with Gasteiger partial charge in [0.15, 0.2) is 11.5 Å². The Morgan fingerprint density at radius 3 is 2.96 bits per heavy atom. The number of phenols is 1. The highest BCUT2D eigenvalue weighted by Crippen LogP contribution is 2.34. The number of carbonyl (C=O) groups excluding carboxylic acids is 2.